The van der Waals surface area contributed by atoms with Crippen molar-refractivity contribution < 1.29 is 34.8 Å². The topological polar surface area (TPSA) is 124 Å². The Labute approximate surface area is 213 Å². The average molecular weight is 503 g/mol. The van der Waals surface area contributed by atoms with Crippen molar-refractivity contribution in [2.24, 2.45) is 28.6 Å². The number of rotatable bonds is 3. The minimum atomic E-state index is -1.35. The number of carbonyl (C=O) groups is 2. The first-order valence-electron chi connectivity index (χ1n) is 13.7. The SMILES string of the molecule is CCC1=C(C)C(=O)O[C@@H]([C@](C)(O)[C@H]2CC[C@@]3(O)C4=CC(=O)[C@@H]5C[C@@H](O)[C@@H](O)C[C@]5(C)[C@H]4CC[C@]23C)C1. The van der Waals surface area contributed by atoms with Crippen LogP contribution in [0.15, 0.2) is 22.8 Å². The summed E-state index contributed by atoms with van der Waals surface area (Å²) in [6.07, 6.45) is 3.25. The van der Waals surface area contributed by atoms with Crippen LogP contribution in [0.3, 0.4) is 0 Å². The van der Waals surface area contributed by atoms with Gasteiger partial charge in [0.25, 0.3) is 0 Å². The van der Waals surface area contributed by atoms with Crippen LogP contribution in [0.2, 0.25) is 0 Å². The van der Waals surface area contributed by atoms with E-state index in [0.717, 1.165) is 24.0 Å². The second-order valence-electron chi connectivity index (χ2n) is 13.0. The summed E-state index contributed by atoms with van der Waals surface area (Å²) in [4.78, 5) is 25.9. The van der Waals surface area contributed by atoms with Crippen LogP contribution in [0.25, 0.3) is 0 Å². The molecule has 4 aliphatic carbocycles. The number of aliphatic hydroxyl groups is 4. The van der Waals surface area contributed by atoms with Crippen molar-refractivity contribution in [1.29, 1.82) is 0 Å². The highest BCUT2D eigenvalue weighted by Crippen LogP contribution is 2.68. The third-order valence-electron chi connectivity index (χ3n) is 11.4. The van der Waals surface area contributed by atoms with Crippen LogP contribution >= 0.6 is 0 Å². The Morgan fingerprint density at radius 3 is 2.47 bits per heavy atom. The lowest BCUT2D eigenvalue weighted by Crippen LogP contribution is -2.63. The van der Waals surface area contributed by atoms with Gasteiger partial charge in [0.15, 0.2) is 5.78 Å². The van der Waals surface area contributed by atoms with Gasteiger partial charge in [0.05, 0.1) is 17.8 Å². The number of esters is 1. The molecule has 0 aromatic rings. The molecule has 10 atom stereocenters. The molecule has 0 unspecified atom stereocenters. The molecule has 1 heterocycles. The molecule has 200 valence electrons. The fourth-order valence-electron chi connectivity index (χ4n) is 9.05. The molecule has 5 aliphatic rings. The van der Waals surface area contributed by atoms with E-state index < -0.39 is 40.3 Å². The van der Waals surface area contributed by atoms with Gasteiger partial charge in [-0.1, -0.05) is 26.3 Å². The van der Waals surface area contributed by atoms with E-state index in [1.165, 1.54) is 0 Å². The van der Waals surface area contributed by atoms with Crippen molar-refractivity contribution in [3.8, 4) is 0 Å². The highest BCUT2D eigenvalue weighted by Gasteiger charge is 2.69. The molecule has 36 heavy (non-hydrogen) atoms. The fourth-order valence-corrected chi connectivity index (χ4v) is 9.05. The van der Waals surface area contributed by atoms with Crippen molar-refractivity contribution in [2.45, 2.75) is 115 Å². The summed E-state index contributed by atoms with van der Waals surface area (Å²) >= 11 is 0. The Hall–Kier alpha value is -1.54. The van der Waals surface area contributed by atoms with Gasteiger partial charge in [0, 0.05) is 23.3 Å². The quantitative estimate of drug-likeness (QED) is 0.437. The van der Waals surface area contributed by atoms with Crippen molar-refractivity contribution in [2.75, 3.05) is 0 Å². The summed E-state index contributed by atoms with van der Waals surface area (Å²) in [6, 6.07) is 0. The fraction of sp³-hybridized carbons (Fsp3) is 0.793. The van der Waals surface area contributed by atoms with Gasteiger partial charge < -0.3 is 25.2 Å². The molecule has 0 bridgehead atoms. The van der Waals surface area contributed by atoms with Crippen LogP contribution in [0, 0.1) is 28.6 Å². The minimum absolute atomic E-state index is 0.0751. The Balaban J connectivity index is 1.50. The molecule has 4 N–H and O–H groups in total. The molecule has 0 radical (unpaired) electrons. The molecule has 0 spiro atoms. The number of ether oxygens (including phenoxy) is 1. The standard InChI is InChI=1S/C29H42O7/c1-6-16-11-24(36-25(33)15(16)2)28(5,34)23-8-10-29(35)18-12-20(30)19-13-21(31)22(32)14-26(19,3)17(18)7-9-27(23,29)4/h12,17,19,21-24,31-32,34-35H,6-11,13-14H2,1-5H3/t17-,19-,21+,22-,23-,24+,26+,27+,28+,29+/m0/s1. The Morgan fingerprint density at radius 2 is 1.81 bits per heavy atom. The van der Waals surface area contributed by atoms with E-state index in [9.17, 15) is 30.0 Å². The molecule has 5 rings (SSSR count). The lowest BCUT2D eigenvalue weighted by Gasteiger charge is -2.60. The number of ketones is 1. The Morgan fingerprint density at radius 1 is 1.11 bits per heavy atom. The van der Waals surface area contributed by atoms with E-state index in [0.29, 0.717) is 37.7 Å². The van der Waals surface area contributed by atoms with E-state index in [-0.39, 0.29) is 35.9 Å². The van der Waals surface area contributed by atoms with Crippen LogP contribution in [-0.4, -0.2) is 61.7 Å². The van der Waals surface area contributed by atoms with Crippen LogP contribution in [0.4, 0.5) is 0 Å². The first kappa shape index (κ1) is 26.1. The summed E-state index contributed by atoms with van der Waals surface area (Å²) in [5.41, 5.74) is -1.51. The van der Waals surface area contributed by atoms with Crippen LogP contribution in [-0.2, 0) is 14.3 Å². The molecule has 0 amide bonds. The van der Waals surface area contributed by atoms with Crippen LogP contribution < -0.4 is 0 Å². The summed E-state index contributed by atoms with van der Waals surface area (Å²) in [5, 5.41) is 45.1. The van der Waals surface area contributed by atoms with Gasteiger partial charge in [-0.3, -0.25) is 4.79 Å². The monoisotopic (exact) mass is 502 g/mol. The minimum Gasteiger partial charge on any atom is -0.456 e. The first-order valence-corrected chi connectivity index (χ1v) is 13.7. The predicted octanol–water partition coefficient (Wildman–Crippen LogP) is 2.98. The third kappa shape index (κ3) is 3.31. The number of hydrogen-bond donors (Lipinski definition) is 4. The zero-order valence-electron chi connectivity index (χ0n) is 22.2. The van der Waals surface area contributed by atoms with Gasteiger partial charge in [0.2, 0.25) is 0 Å². The largest absolute Gasteiger partial charge is 0.456 e. The van der Waals surface area contributed by atoms with Gasteiger partial charge >= 0.3 is 5.97 Å². The highest BCUT2D eigenvalue weighted by molar-refractivity contribution is 5.95. The lowest BCUT2D eigenvalue weighted by molar-refractivity contribution is -0.191. The number of cyclic esters (lactones) is 1. The second-order valence-corrected chi connectivity index (χ2v) is 13.0. The number of hydrogen-bond acceptors (Lipinski definition) is 7. The van der Waals surface area contributed by atoms with Crippen LogP contribution in [0.1, 0.15) is 86.0 Å². The Bertz CT molecular complexity index is 1040. The number of allylic oxidation sites excluding steroid dienone is 1. The molecule has 0 aromatic carbocycles. The van der Waals surface area contributed by atoms with Gasteiger partial charge in [0.1, 0.15) is 11.7 Å². The molecule has 1 aliphatic heterocycles. The molecule has 3 fully saturated rings. The van der Waals surface area contributed by atoms with Crippen molar-refractivity contribution >= 4 is 11.8 Å². The molecular formula is C29H42O7. The van der Waals surface area contributed by atoms with Gasteiger partial charge in [-0.2, -0.15) is 0 Å². The van der Waals surface area contributed by atoms with E-state index in [1.807, 2.05) is 20.8 Å². The summed E-state index contributed by atoms with van der Waals surface area (Å²) < 4.78 is 5.75. The van der Waals surface area contributed by atoms with Gasteiger partial charge in [-0.05, 0) is 87.7 Å². The van der Waals surface area contributed by atoms with Crippen molar-refractivity contribution in [1.82, 2.24) is 0 Å². The molecule has 7 nitrogen and oxygen atoms in total. The Kier molecular flexibility index (Phi) is 5.96. The second kappa shape index (κ2) is 8.23. The van der Waals surface area contributed by atoms with Crippen molar-refractivity contribution in [3.05, 3.63) is 22.8 Å². The maximum Gasteiger partial charge on any atom is 0.334 e. The molecular weight excluding hydrogens is 460 g/mol. The third-order valence-corrected chi connectivity index (χ3v) is 11.4. The van der Waals surface area contributed by atoms with Crippen LogP contribution in [0.5, 0.6) is 0 Å². The van der Waals surface area contributed by atoms with Gasteiger partial charge in [-0.15, -0.1) is 0 Å². The van der Waals surface area contributed by atoms with E-state index >= 15 is 0 Å². The zero-order chi connectivity index (χ0) is 26.4. The first-order chi connectivity index (χ1) is 16.7. The number of aliphatic hydroxyl groups excluding tert-OH is 2. The van der Waals surface area contributed by atoms with Crippen molar-refractivity contribution in [3.63, 3.8) is 0 Å². The summed E-state index contributed by atoms with van der Waals surface area (Å²) in [5.74, 6) is -1.25. The predicted molar refractivity (Wildman–Crippen MR) is 133 cm³/mol. The smallest absolute Gasteiger partial charge is 0.334 e. The maximum atomic E-state index is 13.3. The van der Waals surface area contributed by atoms with E-state index in [4.69, 9.17) is 4.74 Å². The molecule has 0 saturated heterocycles. The zero-order valence-corrected chi connectivity index (χ0v) is 22.2. The number of carbonyl (C=O) groups excluding carboxylic acids is 2. The summed E-state index contributed by atoms with van der Waals surface area (Å²) in [6.45, 7) is 9.55. The molecule has 0 aromatic heterocycles. The molecule has 3 saturated carbocycles. The van der Waals surface area contributed by atoms with E-state index in [2.05, 4.69) is 0 Å². The highest BCUT2D eigenvalue weighted by atomic mass is 16.6. The maximum absolute atomic E-state index is 13.3. The van der Waals surface area contributed by atoms with E-state index in [1.54, 1.807) is 19.9 Å². The number of fused-ring (bicyclic) bond motifs is 5. The van der Waals surface area contributed by atoms with Gasteiger partial charge in [-0.25, -0.2) is 4.79 Å². The normalized spacial score (nSPS) is 48.4. The summed E-state index contributed by atoms with van der Waals surface area (Å²) in [7, 11) is 0. The lowest BCUT2D eigenvalue weighted by atomic mass is 9.45. The molecule has 7 heteroatoms. The average Bonchev–Trinajstić information content (AvgIpc) is 3.09.